The summed E-state index contributed by atoms with van der Waals surface area (Å²) in [6.07, 6.45) is 7.07. The summed E-state index contributed by atoms with van der Waals surface area (Å²) < 4.78 is 34.0. The molecule has 5 rings (SSSR count). The number of likely N-dealkylation sites (N-methyl/N-ethyl adjacent to an activating group) is 1. The Morgan fingerprint density at radius 3 is 2.52 bits per heavy atom. The SMILES string of the molecule is CN[C@@H](C)C(=O)N[C@H](C(=O)N1CCCC1C(=O)Nc1cc2c(Nc3ccc(F)c(Cl)c3F)ncnc2cc1OC)C1CCCCC1. The van der Waals surface area contributed by atoms with Crippen molar-refractivity contribution in [3.8, 4) is 5.75 Å². The maximum atomic E-state index is 14.7. The van der Waals surface area contributed by atoms with Gasteiger partial charge in [-0.2, -0.15) is 0 Å². The lowest BCUT2D eigenvalue weighted by atomic mass is 9.83. The van der Waals surface area contributed by atoms with Crippen LogP contribution in [0.2, 0.25) is 5.02 Å². The Morgan fingerprint density at radius 2 is 1.80 bits per heavy atom. The fraction of sp³-hybridized carbons (Fsp3) is 0.469. The number of hydrogen-bond acceptors (Lipinski definition) is 8. The number of rotatable bonds is 10. The molecular weight excluding hydrogens is 620 g/mol. The third-order valence-corrected chi connectivity index (χ3v) is 9.20. The molecule has 14 heteroatoms. The van der Waals surface area contributed by atoms with Crippen molar-refractivity contribution in [2.75, 3.05) is 31.3 Å². The van der Waals surface area contributed by atoms with Crippen LogP contribution in [0.25, 0.3) is 10.9 Å². The zero-order valence-corrected chi connectivity index (χ0v) is 26.7. The summed E-state index contributed by atoms with van der Waals surface area (Å²) in [5, 5.41) is 11.4. The van der Waals surface area contributed by atoms with Crippen molar-refractivity contribution in [2.45, 2.75) is 70.0 Å². The second kappa shape index (κ2) is 14.5. The van der Waals surface area contributed by atoms with Crippen LogP contribution in [-0.2, 0) is 14.4 Å². The molecule has 46 heavy (non-hydrogen) atoms. The minimum atomic E-state index is -0.982. The number of anilines is 3. The summed E-state index contributed by atoms with van der Waals surface area (Å²) in [5.41, 5.74) is 0.617. The van der Waals surface area contributed by atoms with E-state index in [9.17, 15) is 23.2 Å². The quantitative estimate of drug-likeness (QED) is 0.226. The lowest BCUT2D eigenvalue weighted by molar-refractivity contribution is -0.142. The molecule has 0 spiro atoms. The Labute approximate surface area is 270 Å². The number of fused-ring (bicyclic) bond motifs is 1. The van der Waals surface area contributed by atoms with Gasteiger partial charge in [-0.3, -0.25) is 14.4 Å². The largest absolute Gasteiger partial charge is 0.494 e. The first-order valence-electron chi connectivity index (χ1n) is 15.4. The first-order valence-corrected chi connectivity index (χ1v) is 15.8. The molecule has 1 aliphatic heterocycles. The number of likely N-dealkylation sites (tertiary alicyclic amines) is 1. The van der Waals surface area contributed by atoms with Gasteiger partial charge in [-0.05, 0) is 63.8 Å². The van der Waals surface area contributed by atoms with Crippen LogP contribution in [0.15, 0.2) is 30.6 Å². The Kier molecular flexibility index (Phi) is 10.5. The van der Waals surface area contributed by atoms with E-state index < -0.39 is 40.7 Å². The molecular formula is C32H38ClF2N7O4. The number of carbonyl (C=O) groups excluding carboxylic acids is 3. The Balaban J connectivity index is 1.40. The highest BCUT2D eigenvalue weighted by molar-refractivity contribution is 6.31. The number of nitrogens with zero attached hydrogens (tertiary/aromatic N) is 3. The lowest BCUT2D eigenvalue weighted by Gasteiger charge is -2.35. The summed E-state index contributed by atoms with van der Waals surface area (Å²) in [7, 11) is 3.13. The van der Waals surface area contributed by atoms with Gasteiger partial charge in [-0.15, -0.1) is 0 Å². The molecule has 3 atom stereocenters. The highest BCUT2D eigenvalue weighted by atomic mass is 35.5. The van der Waals surface area contributed by atoms with Crippen molar-refractivity contribution in [1.29, 1.82) is 0 Å². The molecule has 1 unspecified atom stereocenters. The average molecular weight is 658 g/mol. The Hall–Kier alpha value is -4.10. The van der Waals surface area contributed by atoms with Crippen LogP contribution in [-0.4, -0.2) is 71.4 Å². The van der Waals surface area contributed by atoms with Crippen molar-refractivity contribution >= 4 is 57.4 Å². The van der Waals surface area contributed by atoms with E-state index in [1.165, 1.54) is 19.5 Å². The van der Waals surface area contributed by atoms with Crippen LogP contribution >= 0.6 is 11.6 Å². The fourth-order valence-electron chi connectivity index (χ4n) is 6.16. The summed E-state index contributed by atoms with van der Waals surface area (Å²) in [6, 6.07) is 3.45. The van der Waals surface area contributed by atoms with E-state index >= 15 is 0 Å². The Morgan fingerprint density at radius 1 is 1.04 bits per heavy atom. The van der Waals surface area contributed by atoms with Crippen molar-refractivity contribution in [3.05, 3.63) is 47.2 Å². The number of methoxy groups -OCH3 is 1. The number of benzene rings is 2. The van der Waals surface area contributed by atoms with Crippen LogP contribution in [0.5, 0.6) is 5.75 Å². The van der Waals surface area contributed by atoms with Crippen LogP contribution in [0.1, 0.15) is 51.9 Å². The molecule has 11 nitrogen and oxygen atoms in total. The molecule has 3 aromatic rings. The maximum absolute atomic E-state index is 14.7. The third-order valence-electron chi connectivity index (χ3n) is 8.85. The van der Waals surface area contributed by atoms with Crippen LogP contribution < -0.4 is 26.0 Å². The van der Waals surface area contributed by atoms with Crippen molar-refractivity contribution in [1.82, 2.24) is 25.5 Å². The Bertz CT molecular complexity index is 1620. The summed E-state index contributed by atoms with van der Waals surface area (Å²) in [5.74, 6) is -2.33. The van der Waals surface area contributed by atoms with Gasteiger partial charge in [-0.25, -0.2) is 18.7 Å². The molecule has 246 valence electrons. The predicted molar refractivity (Wildman–Crippen MR) is 171 cm³/mol. The summed E-state index contributed by atoms with van der Waals surface area (Å²) >= 11 is 5.76. The molecule has 1 aliphatic carbocycles. The number of amides is 3. The topological polar surface area (TPSA) is 138 Å². The molecule has 0 radical (unpaired) electrons. The van der Waals surface area contributed by atoms with E-state index in [1.807, 2.05) is 0 Å². The number of hydrogen-bond donors (Lipinski definition) is 4. The number of halogens is 3. The van der Waals surface area contributed by atoms with Gasteiger partial charge in [0.25, 0.3) is 0 Å². The molecule has 2 heterocycles. The smallest absolute Gasteiger partial charge is 0.247 e. The van der Waals surface area contributed by atoms with Crippen LogP contribution in [0, 0.1) is 17.6 Å². The van der Waals surface area contributed by atoms with Gasteiger partial charge in [0.1, 0.15) is 40.8 Å². The second-order valence-corrected chi connectivity index (χ2v) is 12.1. The normalized spacial score (nSPS) is 18.2. The van der Waals surface area contributed by atoms with Gasteiger partial charge in [0, 0.05) is 18.0 Å². The van der Waals surface area contributed by atoms with Gasteiger partial charge in [-0.1, -0.05) is 30.9 Å². The standard InChI is InChI=1S/C32H38ClF2N7O4/c1-17(36-2)30(43)41-28(18-8-5-4-6-9-18)32(45)42-13-7-10-24(42)31(44)40-23-14-19-22(15-25(23)46-3)37-16-38-29(19)39-21-12-11-20(34)26(33)27(21)35/h11-12,14-18,24,28,36H,4-10,13H2,1-3H3,(H,40,44)(H,41,43)(H,37,38,39)/t17-,24?,28-/m0/s1. The molecule has 0 bridgehead atoms. The van der Waals surface area contributed by atoms with E-state index in [0.717, 1.165) is 38.2 Å². The van der Waals surface area contributed by atoms with Gasteiger partial charge < -0.3 is 30.9 Å². The predicted octanol–water partition coefficient (Wildman–Crippen LogP) is 4.92. The van der Waals surface area contributed by atoms with Gasteiger partial charge in [0.15, 0.2) is 5.82 Å². The maximum Gasteiger partial charge on any atom is 0.247 e. The summed E-state index contributed by atoms with van der Waals surface area (Å²) in [4.78, 5) is 50.8. The zero-order chi connectivity index (χ0) is 33.0. The molecule has 2 aliphatic rings. The highest BCUT2D eigenvalue weighted by Gasteiger charge is 2.41. The zero-order valence-electron chi connectivity index (χ0n) is 26.0. The number of nitrogens with one attached hydrogen (secondary N) is 4. The van der Waals surface area contributed by atoms with Crippen LogP contribution in [0.4, 0.5) is 26.0 Å². The van der Waals surface area contributed by atoms with Gasteiger partial charge in [0.2, 0.25) is 17.7 Å². The molecule has 2 fully saturated rings. The first kappa shape index (κ1) is 33.3. The molecule has 3 amide bonds. The minimum Gasteiger partial charge on any atom is -0.494 e. The fourth-order valence-corrected chi connectivity index (χ4v) is 6.32. The van der Waals surface area contributed by atoms with Crippen molar-refractivity contribution in [3.63, 3.8) is 0 Å². The molecule has 1 saturated carbocycles. The third kappa shape index (κ3) is 7.00. The van der Waals surface area contributed by atoms with E-state index in [-0.39, 0.29) is 34.9 Å². The number of carbonyl (C=O) groups is 3. The van der Waals surface area contributed by atoms with E-state index in [2.05, 4.69) is 31.2 Å². The van der Waals surface area contributed by atoms with E-state index in [1.54, 1.807) is 31.0 Å². The highest BCUT2D eigenvalue weighted by Crippen LogP contribution is 2.36. The van der Waals surface area contributed by atoms with Gasteiger partial charge >= 0.3 is 0 Å². The average Bonchev–Trinajstić information content (AvgIpc) is 3.57. The van der Waals surface area contributed by atoms with Crippen LogP contribution in [0.3, 0.4) is 0 Å². The number of ether oxygens (including phenoxy) is 1. The molecule has 1 aromatic heterocycles. The monoisotopic (exact) mass is 657 g/mol. The minimum absolute atomic E-state index is 0.00843. The lowest BCUT2D eigenvalue weighted by Crippen LogP contribution is -2.57. The van der Waals surface area contributed by atoms with Gasteiger partial charge in [0.05, 0.1) is 30.0 Å². The van der Waals surface area contributed by atoms with Crippen molar-refractivity contribution in [2.24, 2.45) is 5.92 Å². The second-order valence-electron chi connectivity index (χ2n) is 11.7. The van der Waals surface area contributed by atoms with E-state index in [4.69, 9.17) is 16.3 Å². The van der Waals surface area contributed by atoms with E-state index in [0.29, 0.717) is 36.0 Å². The number of aromatic nitrogens is 2. The summed E-state index contributed by atoms with van der Waals surface area (Å²) in [6.45, 7) is 2.12. The molecule has 1 saturated heterocycles. The molecule has 2 aromatic carbocycles. The first-order chi connectivity index (χ1) is 22.1. The molecule has 4 N–H and O–H groups in total. The van der Waals surface area contributed by atoms with Crippen molar-refractivity contribution < 1.29 is 27.9 Å².